The van der Waals surface area contributed by atoms with Crippen molar-refractivity contribution in [2.45, 2.75) is 42.9 Å². The lowest BCUT2D eigenvalue weighted by Crippen LogP contribution is -2.41. The van der Waals surface area contributed by atoms with Crippen molar-refractivity contribution >= 4 is 0 Å². The van der Waals surface area contributed by atoms with E-state index in [1.807, 2.05) is 0 Å². The summed E-state index contributed by atoms with van der Waals surface area (Å²) in [5, 5.41) is 9.42. The van der Waals surface area contributed by atoms with Crippen LogP contribution in [0.15, 0.2) is 24.3 Å². The Morgan fingerprint density at radius 1 is 0.941 bits per heavy atom. The molecule has 3 N–H and O–H groups in total. The fourth-order valence-electron chi connectivity index (χ4n) is 3.08. The van der Waals surface area contributed by atoms with Gasteiger partial charge in [0.05, 0.1) is 6.61 Å². The second kappa shape index (κ2) is 3.82. The SMILES string of the molecule is NCC1(c2ccc(C3(CO)CC3)cc2)CCC1. The molecule has 2 fully saturated rings. The maximum Gasteiger partial charge on any atom is 0.0527 e. The van der Waals surface area contributed by atoms with Gasteiger partial charge in [0, 0.05) is 17.4 Å². The molecule has 0 bridgehead atoms. The molecule has 3 rings (SSSR count). The molecular weight excluding hydrogens is 210 g/mol. The predicted molar refractivity (Wildman–Crippen MR) is 69.0 cm³/mol. The average Bonchev–Trinajstić information content (AvgIpc) is 3.10. The minimum Gasteiger partial charge on any atom is -0.395 e. The molecule has 0 aliphatic heterocycles. The second-order valence-electron chi connectivity index (χ2n) is 5.85. The number of rotatable bonds is 4. The largest absolute Gasteiger partial charge is 0.395 e. The van der Waals surface area contributed by atoms with E-state index in [1.165, 1.54) is 30.4 Å². The smallest absolute Gasteiger partial charge is 0.0527 e. The third-order valence-corrected chi connectivity index (χ3v) is 4.97. The average molecular weight is 231 g/mol. The highest BCUT2D eigenvalue weighted by Crippen LogP contribution is 2.49. The number of hydrogen-bond donors (Lipinski definition) is 2. The van der Waals surface area contributed by atoms with Gasteiger partial charge in [-0.1, -0.05) is 30.7 Å². The number of aliphatic hydroxyl groups excluding tert-OH is 1. The first-order valence-electron chi connectivity index (χ1n) is 6.67. The zero-order valence-electron chi connectivity index (χ0n) is 10.3. The van der Waals surface area contributed by atoms with Crippen molar-refractivity contribution in [1.82, 2.24) is 0 Å². The molecular formula is C15H21NO. The Labute approximate surface area is 103 Å². The van der Waals surface area contributed by atoms with Gasteiger partial charge < -0.3 is 10.8 Å². The fourth-order valence-corrected chi connectivity index (χ4v) is 3.08. The van der Waals surface area contributed by atoms with E-state index in [2.05, 4.69) is 24.3 Å². The zero-order chi connectivity index (χ0) is 11.9. The quantitative estimate of drug-likeness (QED) is 0.833. The summed E-state index contributed by atoms with van der Waals surface area (Å²) in [5.41, 5.74) is 8.97. The first-order chi connectivity index (χ1) is 8.25. The normalized spacial score (nSPS) is 24.1. The molecule has 2 heteroatoms. The lowest BCUT2D eigenvalue weighted by molar-refractivity contribution is 0.251. The monoisotopic (exact) mass is 231 g/mol. The van der Waals surface area contributed by atoms with Crippen molar-refractivity contribution in [1.29, 1.82) is 0 Å². The van der Waals surface area contributed by atoms with Gasteiger partial charge in [0.2, 0.25) is 0 Å². The van der Waals surface area contributed by atoms with Crippen molar-refractivity contribution in [2.24, 2.45) is 5.73 Å². The molecule has 0 spiro atoms. The molecule has 17 heavy (non-hydrogen) atoms. The van der Waals surface area contributed by atoms with Crippen LogP contribution in [-0.2, 0) is 10.8 Å². The number of hydrogen-bond acceptors (Lipinski definition) is 2. The van der Waals surface area contributed by atoms with Gasteiger partial charge >= 0.3 is 0 Å². The van der Waals surface area contributed by atoms with Crippen LogP contribution in [-0.4, -0.2) is 18.3 Å². The molecule has 0 atom stereocenters. The Kier molecular flexibility index (Phi) is 2.53. The highest BCUT2D eigenvalue weighted by molar-refractivity contribution is 5.37. The van der Waals surface area contributed by atoms with Crippen LogP contribution >= 0.6 is 0 Å². The predicted octanol–water partition coefficient (Wildman–Crippen LogP) is 2.09. The Hall–Kier alpha value is -0.860. The third-order valence-electron chi connectivity index (χ3n) is 4.97. The maximum atomic E-state index is 9.42. The lowest BCUT2D eigenvalue weighted by atomic mass is 9.64. The Morgan fingerprint density at radius 3 is 1.76 bits per heavy atom. The van der Waals surface area contributed by atoms with Gasteiger partial charge in [0.15, 0.2) is 0 Å². The highest BCUT2D eigenvalue weighted by atomic mass is 16.3. The van der Waals surface area contributed by atoms with Crippen LogP contribution in [0.2, 0.25) is 0 Å². The van der Waals surface area contributed by atoms with Gasteiger partial charge in [-0.05, 0) is 36.8 Å². The highest BCUT2D eigenvalue weighted by Gasteiger charge is 2.44. The molecule has 2 saturated carbocycles. The van der Waals surface area contributed by atoms with Crippen LogP contribution in [0.4, 0.5) is 0 Å². The van der Waals surface area contributed by atoms with Gasteiger partial charge in [0.25, 0.3) is 0 Å². The first-order valence-corrected chi connectivity index (χ1v) is 6.67. The van der Waals surface area contributed by atoms with E-state index in [0.717, 1.165) is 19.4 Å². The van der Waals surface area contributed by atoms with E-state index in [0.29, 0.717) is 0 Å². The van der Waals surface area contributed by atoms with Gasteiger partial charge in [-0.15, -0.1) is 0 Å². The molecule has 0 saturated heterocycles. The summed E-state index contributed by atoms with van der Waals surface area (Å²) < 4.78 is 0. The van der Waals surface area contributed by atoms with Crippen LogP contribution in [0.25, 0.3) is 0 Å². The second-order valence-corrected chi connectivity index (χ2v) is 5.85. The van der Waals surface area contributed by atoms with Crippen LogP contribution in [0.5, 0.6) is 0 Å². The number of nitrogens with two attached hydrogens (primary N) is 1. The molecule has 1 aromatic carbocycles. The molecule has 2 nitrogen and oxygen atoms in total. The number of benzene rings is 1. The molecule has 0 aromatic heterocycles. The Bertz CT molecular complexity index is 396. The van der Waals surface area contributed by atoms with E-state index in [9.17, 15) is 5.11 Å². The molecule has 0 amide bonds. The van der Waals surface area contributed by atoms with Crippen molar-refractivity contribution in [3.63, 3.8) is 0 Å². The minimum absolute atomic E-state index is 0.0913. The minimum atomic E-state index is 0.0913. The van der Waals surface area contributed by atoms with Gasteiger partial charge in [0.1, 0.15) is 0 Å². The third kappa shape index (κ3) is 1.62. The Balaban J connectivity index is 1.85. The van der Waals surface area contributed by atoms with Crippen molar-refractivity contribution in [2.75, 3.05) is 13.2 Å². The van der Waals surface area contributed by atoms with Gasteiger partial charge in [-0.2, -0.15) is 0 Å². The summed E-state index contributed by atoms with van der Waals surface area (Å²) in [7, 11) is 0. The summed E-state index contributed by atoms with van der Waals surface area (Å²) in [6, 6.07) is 8.87. The van der Waals surface area contributed by atoms with E-state index in [1.54, 1.807) is 0 Å². The standard InChI is InChI=1S/C15H21NO/c16-10-14(6-1-7-14)12-2-4-13(5-3-12)15(11-17)8-9-15/h2-5,17H,1,6-11,16H2. The zero-order valence-corrected chi connectivity index (χ0v) is 10.3. The molecule has 0 heterocycles. The van der Waals surface area contributed by atoms with E-state index in [4.69, 9.17) is 5.73 Å². The summed E-state index contributed by atoms with van der Waals surface area (Å²) >= 11 is 0. The molecule has 92 valence electrons. The van der Waals surface area contributed by atoms with Gasteiger partial charge in [-0.25, -0.2) is 0 Å². The molecule has 1 aromatic rings. The van der Waals surface area contributed by atoms with E-state index < -0.39 is 0 Å². The molecule has 2 aliphatic rings. The summed E-state index contributed by atoms with van der Waals surface area (Å²) in [5.74, 6) is 0. The van der Waals surface area contributed by atoms with Crippen LogP contribution in [0, 0.1) is 0 Å². The van der Waals surface area contributed by atoms with E-state index >= 15 is 0 Å². The fraction of sp³-hybridized carbons (Fsp3) is 0.600. The van der Waals surface area contributed by atoms with Crippen LogP contribution in [0.3, 0.4) is 0 Å². The summed E-state index contributed by atoms with van der Waals surface area (Å²) in [6.07, 6.45) is 6.03. The Morgan fingerprint density at radius 2 is 1.47 bits per heavy atom. The van der Waals surface area contributed by atoms with Crippen LogP contribution in [0.1, 0.15) is 43.2 Å². The van der Waals surface area contributed by atoms with Gasteiger partial charge in [-0.3, -0.25) is 0 Å². The molecule has 0 radical (unpaired) electrons. The number of aliphatic hydroxyl groups is 1. The summed E-state index contributed by atoms with van der Waals surface area (Å²) in [4.78, 5) is 0. The lowest BCUT2D eigenvalue weighted by Gasteiger charge is -2.41. The van der Waals surface area contributed by atoms with E-state index in [-0.39, 0.29) is 17.4 Å². The maximum absolute atomic E-state index is 9.42. The molecule has 2 aliphatic carbocycles. The molecule has 0 unspecified atom stereocenters. The topological polar surface area (TPSA) is 46.2 Å². The van der Waals surface area contributed by atoms with Crippen molar-refractivity contribution in [3.05, 3.63) is 35.4 Å². The van der Waals surface area contributed by atoms with Crippen LogP contribution < -0.4 is 5.73 Å². The summed E-state index contributed by atoms with van der Waals surface area (Å²) in [6.45, 7) is 1.05. The van der Waals surface area contributed by atoms with Crippen molar-refractivity contribution in [3.8, 4) is 0 Å². The van der Waals surface area contributed by atoms with Crippen molar-refractivity contribution < 1.29 is 5.11 Å². The first kappa shape index (κ1) is 11.2.